The normalized spacial score (nSPS) is 18.7. The van der Waals surface area contributed by atoms with Crippen LogP contribution in [0.4, 0.5) is 0 Å². The summed E-state index contributed by atoms with van der Waals surface area (Å²) in [5.74, 6) is -1.32. The van der Waals surface area contributed by atoms with Crippen LogP contribution in [0.2, 0.25) is 0 Å². The Morgan fingerprint density at radius 2 is 1.94 bits per heavy atom. The maximum absolute atomic E-state index is 11.5. The lowest BCUT2D eigenvalue weighted by molar-refractivity contribution is -0.149. The molecule has 0 atom stereocenters. The average Bonchev–Trinajstić information content (AvgIpc) is 2.10. The van der Waals surface area contributed by atoms with Gasteiger partial charge in [-0.25, -0.2) is 0 Å². The third kappa shape index (κ3) is 3.20. The summed E-state index contributed by atoms with van der Waals surface area (Å²) in [6.07, 6.45) is 2.32. The number of carbonyl (C=O) groups is 2. The lowest BCUT2D eigenvalue weighted by Crippen LogP contribution is -2.48. The SMILES string of the molecule is CC(C)(CC(=O)NCC1(O)CCC1)C(=O)O. The molecule has 0 heterocycles. The van der Waals surface area contributed by atoms with Crippen molar-refractivity contribution in [3.63, 3.8) is 0 Å². The van der Waals surface area contributed by atoms with Crippen LogP contribution in [0.5, 0.6) is 0 Å². The molecule has 1 aliphatic rings. The van der Waals surface area contributed by atoms with Crippen molar-refractivity contribution in [3.8, 4) is 0 Å². The molecule has 16 heavy (non-hydrogen) atoms. The second-order valence-electron chi connectivity index (χ2n) is 5.22. The van der Waals surface area contributed by atoms with Gasteiger partial charge in [0.2, 0.25) is 5.91 Å². The van der Waals surface area contributed by atoms with Crippen LogP contribution in [0.15, 0.2) is 0 Å². The number of carbonyl (C=O) groups excluding carboxylic acids is 1. The Bertz CT molecular complexity index is 294. The van der Waals surface area contributed by atoms with E-state index in [9.17, 15) is 14.7 Å². The largest absolute Gasteiger partial charge is 0.481 e. The minimum absolute atomic E-state index is 0.0710. The second kappa shape index (κ2) is 4.41. The highest BCUT2D eigenvalue weighted by molar-refractivity contribution is 5.84. The van der Waals surface area contributed by atoms with E-state index in [-0.39, 0.29) is 18.9 Å². The predicted octanol–water partition coefficient (Wildman–Crippen LogP) is 0.518. The average molecular weight is 229 g/mol. The van der Waals surface area contributed by atoms with Gasteiger partial charge in [-0.15, -0.1) is 0 Å². The van der Waals surface area contributed by atoms with E-state index in [1.54, 1.807) is 0 Å². The summed E-state index contributed by atoms with van der Waals surface area (Å²) < 4.78 is 0. The fourth-order valence-corrected chi connectivity index (χ4v) is 1.56. The lowest BCUT2D eigenvalue weighted by atomic mass is 9.80. The summed E-state index contributed by atoms with van der Waals surface area (Å²) in [5, 5.41) is 21.2. The van der Waals surface area contributed by atoms with Gasteiger partial charge in [0.1, 0.15) is 0 Å². The van der Waals surface area contributed by atoms with Gasteiger partial charge >= 0.3 is 5.97 Å². The van der Waals surface area contributed by atoms with E-state index < -0.39 is 17.0 Å². The Kier molecular flexibility index (Phi) is 3.57. The van der Waals surface area contributed by atoms with Crippen LogP contribution < -0.4 is 5.32 Å². The highest BCUT2D eigenvalue weighted by Crippen LogP contribution is 2.30. The zero-order valence-electron chi connectivity index (χ0n) is 9.75. The van der Waals surface area contributed by atoms with Crippen LogP contribution >= 0.6 is 0 Å². The van der Waals surface area contributed by atoms with E-state index in [2.05, 4.69) is 5.32 Å². The van der Waals surface area contributed by atoms with Gasteiger partial charge in [-0.3, -0.25) is 9.59 Å². The van der Waals surface area contributed by atoms with Gasteiger partial charge in [-0.2, -0.15) is 0 Å². The van der Waals surface area contributed by atoms with Crippen molar-refractivity contribution in [2.24, 2.45) is 5.41 Å². The third-order valence-electron chi connectivity index (χ3n) is 3.08. The maximum Gasteiger partial charge on any atom is 0.309 e. The first kappa shape index (κ1) is 13.0. The first-order valence-corrected chi connectivity index (χ1v) is 5.48. The number of carboxylic acid groups (broad SMARTS) is 1. The first-order valence-electron chi connectivity index (χ1n) is 5.48. The van der Waals surface area contributed by atoms with Crippen LogP contribution in [0, 0.1) is 5.41 Å². The molecule has 5 nitrogen and oxygen atoms in total. The molecule has 0 bridgehead atoms. The van der Waals surface area contributed by atoms with E-state index in [1.165, 1.54) is 13.8 Å². The number of aliphatic hydroxyl groups is 1. The number of aliphatic carboxylic acids is 1. The molecule has 5 heteroatoms. The fraction of sp³-hybridized carbons (Fsp3) is 0.818. The highest BCUT2D eigenvalue weighted by Gasteiger charge is 2.35. The molecule has 0 aromatic carbocycles. The smallest absolute Gasteiger partial charge is 0.309 e. The summed E-state index contributed by atoms with van der Waals surface area (Å²) in [7, 11) is 0. The Labute approximate surface area is 94.8 Å². The monoisotopic (exact) mass is 229 g/mol. The summed E-state index contributed by atoms with van der Waals surface area (Å²) >= 11 is 0. The number of rotatable bonds is 5. The van der Waals surface area contributed by atoms with Crippen LogP contribution in [-0.2, 0) is 9.59 Å². The molecule has 0 unspecified atom stereocenters. The summed E-state index contributed by atoms with van der Waals surface area (Å²) in [4.78, 5) is 22.3. The number of carboxylic acids is 1. The molecule has 1 rings (SSSR count). The van der Waals surface area contributed by atoms with E-state index in [4.69, 9.17) is 5.11 Å². The van der Waals surface area contributed by atoms with Gasteiger partial charge in [0.25, 0.3) is 0 Å². The van der Waals surface area contributed by atoms with Crippen LogP contribution in [0.3, 0.4) is 0 Å². The lowest BCUT2D eigenvalue weighted by Gasteiger charge is -2.36. The van der Waals surface area contributed by atoms with Gasteiger partial charge in [0, 0.05) is 13.0 Å². The molecular weight excluding hydrogens is 210 g/mol. The fourth-order valence-electron chi connectivity index (χ4n) is 1.56. The van der Waals surface area contributed by atoms with Crippen molar-refractivity contribution < 1.29 is 19.8 Å². The molecule has 1 amide bonds. The van der Waals surface area contributed by atoms with Crippen LogP contribution in [0.25, 0.3) is 0 Å². The first-order chi connectivity index (χ1) is 7.25. The summed E-state index contributed by atoms with van der Waals surface area (Å²) in [6, 6.07) is 0. The number of amides is 1. The Balaban J connectivity index is 2.33. The number of nitrogens with one attached hydrogen (secondary N) is 1. The molecule has 1 fully saturated rings. The minimum Gasteiger partial charge on any atom is -0.481 e. The van der Waals surface area contributed by atoms with Gasteiger partial charge in [-0.1, -0.05) is 0 Å². The predicted molar refractivity (Wildman–Crippen MR) is 57.8 cm³/mol. The van der Waals surface area contributed by atoms with Crippen LogP contribution in [0.1, 0.15) is 39.5 Å². The van der Waals surface area contributed by atoms with Crippen molar-refractivity contribution in [1.82, 2.24) is 5.32 Å². The Hall–Kier alpha value is -1.10. The number of hydrogen-bond donors (Lipinski definition) is 3. The Morgan fingerprint density at radius 1 is 1.38 bits per heavy atom. The zero-order valence-corrected chi connectivity index (χ0v) is 9.75. The quantitative estimate of drug-likeness (QED) is 0.641. The van der Waals surface area contributed by atoms with E-state index in [0.717, 1.165) is 6.42 Å². The molecule has 0 saturated heterocycles. The van der Waals surface area contributed by atoms with Crippen molar-refractivity contribution in [2.75, 3.05) is 6.54 Å². The topological polar surface area (TPSA) is 86.6 Å². The van der Waals surface area contributed by atoms with Gasteiger partial charge in [0.15, 0.2) is 0 Å². The van der Waals surface area contributed by atoms with E-state index >= 15 is 0 Å². The van der Waals surface area contributed by atoms with E-state index in [1.807, 2.05) is 0 Å². The molecule has 0 aliphatic heterocycles. The molecule has 0 aromatic rings. The number of hydrogen-bond acceptors (Lipinski definition) is 3. The van der Waals surface area contributed by atoms with Crippen molar-refractivity contribution in [3.05, 3.63) is 0 Å². The van der Waals surface area contributed by atoms with Gasteiger partial charge in [-0.05, 0) is 33.1 Å². The minimum atomic E-state index is -1.06. The van der Waals surface area contributed by atoms with Gasteiger partial charge in [0.05, 0.1) is 11.0 Å². The van der Waals surface area contributed by atoms with Crippen molar-refractivity contribution in [2.45, 2.75) is 45.1 Å². The molecule has 1 aliphatic carbocycles. The summed E-state index contributed by atoms with van der Waals surface area (Å²) in [5.41, 5.74) is -1.82. The van der Waals surface area contributed by atoms with E-state index in [0.29, 0.717) is 12.8 Å². The van der Waals surface area contributed by atoms with Crippen molar-refractivity contribution >= 4 is 11.9 Å². The molecule has 0 spiro atoms. The second-order valence-corrected chi connectivity index (χ2v) is 5.22. The molecule has 0 aromatic heterocycles. The van der Waals surface area contributed by atoms with Gasteiger partial charge < -0.3 is 15.5 Å². The molecular formula is C11H19NO4. The zero-order chi connectivity index (χ0) is 12.4. The molecule has 0 radical (unpaired) electrons. The molecule has 92 valence electrons. The van der Waals surface area contributed by atoms with Crippen molar-refractivity contribution in [1.29, 1.82) is 0 Å². The molecule has 1 saturated carbocycles. The highest BCUT2D eigenvalue weighted by atomic mass is 16.4. The third-order valence-corrected chi connectivity index (χ3v) is 3.08. The van der Waals surface area contributed by atoms with Crippen LogP contribution in [-0.4, -0.2) is 34.2 Å². The standard InChI is InChI=1S/C11H19NO4/c1-10(2,9(14)15)6-8(13)12-7-11(16)4-3-5-11/h16H,3-7H2,1-2H3,(H,12,13)(H,14,15). The molecule has 3 N–H and O–H groups in total. The maximum atomic E-state index is 11.5. The Morgan fingerprint density at radius 3 is 2.31 bits per heavy atom. The summed E-state index contributed by atoms with van der Waals surface area (Å²) in [6.45, 7) is 3.24.